The number of halogens is 3. The molecule has 0 radical (unpaired) electrons. The second-order valence-corrected chi connectivity index (χ2v) is 7.59. The van der Waals surface area contributed by atoms with E-state index >= 15 is 0 Å². The minimum absolute atomic E-state index is 0.00669. The Morgan fingerprint density at radius 2 is 1.80 bits per heavy atom. The third-order valence-corrected chi connectivity index (χ3v) is 5.45. The van der Waals surface area contributed by atoms with Crippen LogP contribution in [-0.4, -0.2) is 15.8 Å². The molecule has 4 N–H and O–H groups in total. The summed E-state index contributed by atoms with van der Waals surface area (Å²) in [5.41, 5.74) is 14.1. The fourth-order valence-electron chi connectivity index (χ4n) is 3.58. The van der Waals surface area contributed by atoms with E-state index in [4.69, 9.17) is 28.1 Å². The molecule has 0 unspecified atom stereocenters. The lowest BCUT2D eigenvalue weighted by Crippen LogP contribution is -2.17. The van der Waals surface area contributed by atoms with E-state index in [0.717, 1.165) is 49.4 Å². The Bertz CT molecular complexity index is 1150. The van der Waals surface area contributed by atoms with E-state index in [1.807, 2.05) is 18.2 Å². The Morgan fingerprint density at radius 3 is 2.60 bits per heavy atom. The highest BCUT2D eigenvalue weighted by atomic mass is 35.5. The normalized spacial score (nSPS) is 14.3. The first-order chi connectivity index (χ1) is 14.4. The molecule has 30 heavy (non-hydrogen) atoms. The van der Waals surface area contributed by atoms with Crippen molar-refractivity contribution in [3.63, 3.8) is 0 Å². The summed E-state index contributed by atoms with van der Waals surface area (Å²) in [6.45, 7) is 0. The average molecular weight is 428 g/mol. The second kappa shape index (κ2) is 8.36. The van der Waals surface area contributed by atoms with Crippen LogP contribution in [0.5, 0.6) is 0 Å². The van der Waals surface area contributed by atoms with Gasteiger partial charge in [-0.15, -0.1) is 0 Å². The first-order valence-electron chi connectivity index (χ1n) is 9.68. The first kappa shape index (κ1) is 20.2. The molecule has 3 aromatic rings. The van der Waals surface area contributed by atoms with Crippen LogP contribution < -0.4 is 11.5 Å². The number of nitrogens with zero attached hydrogens (tertiary/aromatic N) is 3. The Kier molecular flexibility index (Phi) is 5.63. The number of nitrogens with two attached hydrogens (primary N) is 2. The van der Waals surface area contributed by atoms with E-state index in [9.17, 15) is 8.78 Å². The molecule has 8 heteroatoms. The quantitative estimate of drug-likeness (QED) is 0.267. The molecule has 1 aliphatic carbocycles. The maximum Gasteiger partial charge on any atom is 0.163 e. The topological polar surface area (TPSA) is 90.2 Å². The van der Waals surface area contributed by atoms with Crippen molar-refractivity contribution >= 4 is 28.9 Å². The van der Waals surface area contributed by atoms with Gasteiger partial charge < -0.3 is 11.5 Å². The smallest absolute Gasteiger partial charge is 0.163 e. The molecule has 4 rings (SSSR count). The number of aryl methyl sites for hydroxylation is 1. The van der Waals surface area contributed by atoms with Gasteiger partial charge in [0.15, 0.2) is 11.6 Å². The van der Waals surface area contributed by atoms with Crippen LogP contribution in [0.4, 0.5) is 20.3 Å². The minimum Gasteiger partial charge on any atom is -0.396 e. The van der Waals surface area contributed by atoms with Crippen molar-refractivity contribution in [3.05, 3.63) is 69.9 Å². The number of aliphatic imine (C=N–C) groups is 1. The highest BCUT2D eigenvalue weighted by molar-refractivity contribution is 6.33. The van der Waals surface area contributed by atoms with Gasteiger partial charge in [0.2, 0.25) is 0 Å². The van der Waals surface area contributed by atoms with Crippen LogP contribution in [0.3, 0.4) is 0 Å². The molecule has 1 heterocycles. The highest BCUT2D eigenvalue weighted by Gasteiger charge is 2.20. The van der Waals surface area contributed by atoms with Crippen LogP contribution >= 0.6 is 11.6 Å². The fraction of sp³-hybridized carbons (Fsp3) is 0.227. The number of hydrogen-bond acceptors (Lipinski definition) is 4. The Hall–Kier alpha value is -3.06. The van der Waals surface area contributed by atoms with Gasteiger partial charge in [-0.3, -0.25) is 0 Å². The number of amidine groups is 1. The Morgan fingerprint density at radius 1 is 1.03 bits per heavy atom. The summed E-state index contributed by atoms with van der Waals surface area (Å²) in [6, 6.07) is 9.04. The maximum atomic E-state index is 13.9. The van der Waals surface area contributed by atoms with Crippen LogP contribution in [0.2, 0.25) is 5.02 Å². The number of anilines is 1. The highest BCUT2D eigenvalue weighted by Crippen LogP contribution is 2.32. The third-order valence-electron chi connectivity index (χ3n) is 5.12. The monoisotopic (exact) mass is 427 g/mol. The van der Waals surface area contributed by atoms with Crippen LogP contribution in [-0.2, 0) is 12.8 Å². The van der Waals surface area contributed by atoms with Gasteiger partial charge in [0.1, 0.15) is 17.5 Å². The Labute approximate surface area is 177 Å². The van der Waals surface area contributed by atoms with E-state index in [0.29, 0.717) is 28.3 Å². The van der Waals surface area contributed by atoms with Crippen LogP contribution in [0.15, 0.2) is 41.4 Å². The molecule has 0 aliphatic heterocycles. The molecule has 0 fully saturated rings. The van der Waals surface area contributed by atoms with E-state index in [1.165, 1.54) is 0 Å². The van der Waals surface area contributed by atoms with Crippen molar-refractivity contribution in [3.8, 4) is 11.4 Å². The summed E-state index contributed by atoms with van der Waals surface area (Å²) in [7, 11) is 0. The molecule has 1 aliphatic rings. The zero-order chi connectivity index (χ0) is 21.3. The molecule has 154 valence electrons. The minimum atomic E-state index is -0.888. The summed E-state index contributed by atoms with van der Waals surface area (Å²) in [5.74, 6) is -0.972. The van der Waals surface area contributed by atoms with Gasteiger partial charge in [-0.1, -0.05) is 30.2 Å². The summed E-state index contributed by atoms with van der Waals surface area (Å²) < 4.78 is 27.6. The molecule has 0 amide bonds. The molecule has 0 atom stereocenters. The van der Waals surface area contributed by atoms with E-state index in [2.05, 4.69) is 9.98 Å². The van der Waals surface area contributed by atoms with Crippen molar-refractivity contribution in [2.45, 2.75) is 32.1 Å². The molecule has 0 bridgehead atoms. The summed E-state index contributed by atoms with van der Waals surface area (Å²) in [6.07, 6.45) is 4.58. The van der Waals surface area contributed by atoms with Crippen molar-refractivity contribution in [2.24, 2.45) is 10.7 Å². The van der Waals surface area contributed by atoms with E-state index in [-0.39, 0.29) is 17.1 Å². The van der Waals surface area contributed by atoms with Crippen molar-refractivity contribution in [1.29, 1.82) is 0 Å². The zero-order valence-electron chi connectivity index (χ0n) is 16.1. The Balaban J connectivity index is 1.89. The number of aromatic nitrogens is 2. The van der Waals surface area contributed by atoms with Gasteiger partial charge in [-0.05, 0) is 43.9 Å². The fourth-order valence-corrected chi connectivity index (χ4v) is 3.80. The lowest BCUT2D eigenvalue weighted by molar-refractivity contribution is 0.586. The SMILES string of the molecule is NC(=Nc1nc(-c2ccccc2Cl)nc2c1CCCCC2)c1cc(F)cc(F)c1N. The number of hydrogen-bond donors (Lipinski definition) is 2. The standard InChI is InChI=1S/C22H20ClF2N5/c23-16-8-5-4-6-13(16)21-28-18-9-3-1-2-7-14(18)22(30-21)29-20(27)15-10-12(24)11-17(25)19(15)26/h4-6,8,10-11H,1-3,7,9,26H2,(H2,27,28,29,30). The lowest BCUT2D eigenvalue weighted by Gasteiger charge is -2.13. The molecule has 0 saturated carbocycles. The van der Waals surface area contributed by atoms with Crippen molar-refractivity contribution in [2.75, 3.05) is 5.73 Å². The number of rotatable bonds is 3. The maximum absolute atomic E-state index is 13.9. The van der Waals surface area contributed by atoms with Gasteiger partial charge in [0.25, 0.3) is 0 Å². The molecule has 2 aromatic carbocycles. The summed E-state index contributed by atoms with van der Waals surface area (Å²) in [4.78, 5) is 13.8. The van der Waals surface area contributed by atoms with Gasteiger partial charge in [0.05, 0.1) is 10.7 Å². The summed E-state index contributed by atoms with van der Waals surface area (Å²) >= 11 is 6.34. The predicted molar refractivity (Wildman–Crippen MR) is 115 cm³/mol. The molecule has 0 saturated heterocycles. The van der Waals surface area contributed by atoms with Crippen molar-refractivity contribution in [1.82, 2.24) is 9.97 Å². The molecule has 1 aromatic heterocycles. The van der Waals surface area contributed by atoms with Crippen molar-refractivity contribution < 1.29 is 8.78 Å². The van der Waals surface area contributed by atoms with Gasteiger partial charge in [-0.25, -0.2) is 23.7 Å². The second-order valence-electron chi connectivity index (χ2n) is 7.18. The van der Waals surface area contributed by atoms with Gasteiger partial charge >= 0.3 is 0 Å². The van der Waals surface area contributed by atoms with Gasteiger partial charge in [-0.2, -0.15) is 0 Å². The number of nitrogen functional groups attached to an aromatic ring is 1. The molecular formula is C22H20ClF2N5. The number of fused-ring (bicyclic) bond motifs is 1. The van der Waals surface area contributed by atoms with Gasteiger partial charge in [0, 0.05) is 28.5 Å². The lowest BCUT2D eigenvalue weighted by atomic mass is 10.1. The van der Waals surface area contributed by atoms with Crippen LogP contribution in [0.25, 0.3) is 11.4 Å². The van der Waals surface area contributed by atoms with Crippen LogP contribution in [0, 0.1) is 11.6 Å². The van der Waals surface area contributed by atoms with E-state index in [1.54, 1.807) is 6.07 Å². The predicted octanol–water partition coefficient (Wildman–Crippen LogP) is 4.96. The molecule has 5 nitrogen and oxygen atoms in total. The molecular weight excluding hydrogens is 408 g/mol. The molecule has 0 spiro atoms. The largest absolute Gasteiger partial charge is 0.396 e. The van der Waals surface area contributed by atoms with Crippen LogP contribution in [0.1, 0.15) is 36.1 Å². The summed E-state index contributed by atoms with van der Waals surface area (Å²) in [5, 5.41) is 0.519. The zero-order valence-corrected chi connectivity index (χ0v) is 16.9. The van der Waals surface area contributed by atoms with E-state index < -0.39 is 11.6 Å². The first-order valence-corrected chi connectivity index (χ1v) is 10.1. The average Bonchev–Trinajstić information content (AvgIpc) is 2.96. The third kappa shape index (κ3) is 3.98. The number of benzene rings is 2.